The van der Waals surface area contributed by atoms with Gasteiger partial charge in [0.1, 0.15) is 17.1 Å². The normalized spacial score (nSPS) is 21.9. The van der Waals surface area contributed by atoms with E-state index in [-0.39, 0.29) is 11.3 Å². The number of hydrogen-bond acceptors (Lipinski definition) is 3. The fraction of sp³-hybridized carbons (Fsp3) is 0.333. The fourth-order valence-electron chi connectivity index (χ4n) is 2.84. The Hall–Kier alpha value is -1.95. The van der Waals surface area contributed by atoms with Crippen molar-refractivity contribution in [1.82, 2.24) is 0 Å². The van der Waals surface area contributed by atoms with Crippen LogP contribution in [0.5, 0.6) is 5.75 Å². The maximum absolute atomic E-state index is 12.5. The van der Waals surface area contributed by atoms with Crippen LogP contribution in [0.2, 0.25) is 0 Å². The smallest absolute Gasteiger partial charge is 0.469 e. The highest BCUT2D eigenvalue weighted by atomic mass is 19.4. The van der Waals surface area contributed by atoms with Crippen LogP contribution in [0.15, 0.2) is 41.0 Å². The molecule has 2 aromatic rings. The van der Waals surface area contributed by atoms with Gasteiger partial charge < -0.3 is 14.3 Å². The van der Waals surface area contributed by atoms with Crippen molar-refractivity contribution in [2.75, 3.05) is 0 Å². The van der Waals surface area contributed by atoms with Crippen LogP contribution in [-0.2, 0) is 12.0 Å². The highest BCUT2D eigenvalue weighted by Crippen LogP contribution is 2.45. The molecule has 0 aliphatic heterocycles. The zero-order valence-corrected chi connectivity index (χ0v) is 11.0. The molecule has 6 heteroatoms. The minimum absolute atomic E-state index is 0.102. The summed E-state index contributed by atoms with van der Waals surface area (Å²) in [6.07, 6.45) is -1.77. The number of ether oxygens (including phenoxy) is 1. The van der Waals surface area contributed by atoms with Crippen molar-refractivity contribution in [3.05, 3.63) is 53.5 Å². The summed E-state index contributed by atoms with van der Waals surface area (Å²) in [7, 11) is 0. The van der Waals surface area contributed by atoms with Gasteiger partial charge in [-0.05, 0) is 25.0 Å². The summed E-state index contributed by atoms with van der Waals surface area (Å²) < 4.78 is 46.9. The number of furan rings is 1. The van der Waals surface area contributed by atoms with Crippen LogP contribution < -0.4 is 4.74 Å². The summed E-state index contributed by atoms with van der Waals surface area (Å²) in [6, 6.07) is 7.26. The summed E-state index contributed by atoms with van der Waals surface area (Å²) >= 11 is 0. The molecule has 1 aromatic carbocycles. The maximum Gasteiger partial charge on any atom is 0.573 e. The molecule has 1 aliphatic carbocycles. The second kappa shape index (κ2) is 4.80. The molecule has 0 bridgehead atoms. The van der Waals surface area contributed by atoms with Gasteiger partial charge in [-0.2, -0.15) is 0 Å². The van der Waals surface area contributed by atoms with Gasteiger partial charge in [0.2, 0.25) is 0 Å². The lowest BCUT2D eigenvalue weighted by atomic mass is 9.77. The standard InChI is InChI=1S/C15H13F3O3/c16-15(17,18)21-13-5-2-1-4-10(13)14(19)8-3-6-12-11(14)7-9-20-12/h1-2,4-5,7,9,19H,3,6,8H2. The Kier molecular flexibility index (Phi) is 3.20. The van der Waals surface area contributed by atoms with E-state index in [1.807, 2.05) is 0 Å². The van der Waals surface area contributed by atoms with Crippen LogP contribution in [-0.4, -0.2) is 11.5 Å². The molecule has 0 saturated heterocycles. The molecule has 0 saturated carbocycles. The van der Waals surface area contributed by atoms with Gasteiger partial charge >= 0.3 is 6.36 Å². The van der Waals surface area contributed by atoms with Crippen molar-refractivity contribution in [2.45, 2.75) is 31.2 Å². The lowest BCUT2D eigenvalue weighted by Gasteiger charge is -2.33. The summed E-state index contributed by atoms with van der Waals surface area (Å²) in [5, 5.41) is 11.0. The van der Waals surface area contributed by atoms with E-state index in [4.69, 9.17) is 4.42 Å². The molecule has 0 spiro atoms. The van der Waals surface area contributed by atoms with Gasteiger partial charge in [-0.25, -0.2) is 0 Å². The van der Waals surface area contributed by atoms with Crippen LogP contribution in [0, 0.1) is 0 Å². The van der Waals surface area contributed by atoms with Gasteiger partial charge in [0.15, 0.2) is 0 Å². The number of aliphatic hydroxyl groups is 1. The fourth-order valence-corrected chi connectivity index (χ4v) is 2.84. The summed E-state index contributed by atoms with van der Waals surface area (Å²) in [4.78, 5) is 0. The number of benzene rings is 1. The zero-order chi connectivity index (χ0) is 15.1. The van der Waals surface area contributed by atoms with E-state index in [0.717, 1.165) is 0 Å². The molecule has 0 amide bonds. The monoisotopic (exact) mass is 298 g/mol. The Labute approximate surface area is 119 Å². The Bertz CT molecular complexity index is 648. The molecular formula is C15H13F3O3. The van der Waals surface area contributed by atoms with Gasteiger partial charge in [-0.1, -0.05) is 18.2 Å². The molecule has 1 aromatic heterocycles. The van der Waals surface area contributed by atoms with Crippen LogP contribution in [0.25, 0.3) is 0 Å². The third-order valence-electron chi connectivity index (χ3n) is 3.69. The maximum atomic E-state index is 12.5. The highest BCUT2D eigenvalue weighted by Gasteiger charge is 2.42. The Morgan fingerprint density at radius 1 is 1.14 bits per heavy atom. The molecule has 21 heavy (non-hydrogen) atoms. The van der Waals surface area contributed by atoms with Crippen molar-refractivity contribution >= 4 is 0 Å². The van der Waals surface area contributed by atoms with Crippen LogP contribution >= 0.6 is 0 Å². The average Bonchev–Trinajstić information content (AvgIpc) is 2.87. The number of para-hydroxylation sites is 1. The lowest BCUT2D eigenvalue weighted by molar-refractivity contribution is -0.275. The number of fused-ring (bicyclic) bond motifs is 1. The highest BCUT2D eigenvalue weighted by molar-refractivity contribution is 5.46. The SMILES string of the molecule is OC1(c2ccccc2OC(F)(F)F)CCCc2occc21. The van der Waals surface area contributed by atoms with E-state index in [2.05, 4.69) is 4.74 Å². The number of alkyl halides is 3. The van der Waals surface area contributed by atoms with E-state index in [1.54, 1.807) is 12.1 Å². The summed E-state index contributed by atoms with van der Waals surface area (Å²) in [5.74, 6) is 0.215. The van der Waals surface area contributed by atoms with Gasteiger partial charge in [0, 0.05) is 17.5 Å². The number of halogens is 3. The minimum atomic E-state index is -4.81. The van der Waals surface area contributed by atoms with Gasteiger partial charge in [0.05, 0.1) is 6.26 Å². The third kappa shape index (κ3) is 2.51. The second-order valence-electron chi connectivity index (χ2n) is 5.02. The van der Waals surface area contributed by atoms with Crippen molar-refractivity contribution in [1.29, 1.82) is 0 Å². The molecule has 0 fully saturated rings. The van der Waals surface area contributed by atoms with E-state index < -0.39 is 12.0 Å². The van der Waals surface area contributed by atoms with Crippen molar-refractivity contribution in [3.8, 4) is 5.75 Å². The number of hydrogen-bond donors (Lipinski definition) is 1. The van der Waals surface area contributed by atoms with E-state index in [1.165, 1.54) is 24.5 Å². The predicted molar refractivity (Wildman–Crippen MR) is 67.8 cm³/mol. The van der Waals surface area contributed by atoms with Crippen molar-refractivity contribution in [3.63, 3.8) is 0 Å². The Morgan fingerprint density at radius 3 is 2.67 bits per heavy atom. The topological polar surface area (TPSA) is 42.6 Å². The Morgan fingerprint density at radius 2 is 1.90 bits per heavy atom. The minimum Gasteiger partial charge on any atom is -0.469 e. The van der Waals surface area contributed by atoms with E-state index >= 15 is 0 Å². The quantitative estimate of drug-likeness (QED) is 0.918. The molecule has 112 valence electrons. The lowest BCUT2D eigenvalue weighted by Crippen LogP contribution is -2.32. The number of rotatable bonds is 2. The third-order valence-corrected chi connectivity index (χ3v) is 3.69. The summed E-state index contributed by atoms with van der Waals surface area (Å²) in [5.41, 5.74) is -0.917. The zero-order valence-electron chi connectivity index (χ0n) is 11.0. The first-order valence-electron chi connectivity index (χ1n) is 6.55. The molecule has 3 rings (SSSR count). The Balaban J connectivity index is 2.09. The van der Waals surface area contributed by atoms with E-state index in [9.17, 15) is 18.3 Å². The molecular weight excluding hydrogens is 285 g/mol. The molecule has 3 nitrogen and oxygen atoms in total. The first-order chi connectivity index (χ1) is 9.90. The van der Waals surface area contributed by atoms with Crippen molar-refractivity contribution < 1.29 is 27.4 Å². The number of aryl methyl sites for hydroxylation is 1. The van der Waals surface area contributed by atoms with Crippen LogP contribution in [0.4, 0.5) is 13.2 Å². The molecule has 1 unspecified atom stereocenters. The molecule has 1 N–H and O–H groups in total. The molecule has 1 aliphatic rings. The molecule has 1 heterocycles. The molecule has 1 atom stereocenters. The first-order valence-corrected chi connectivity index (χ1v) is 6.55. The second-order valence-corrected chi connectivity index (χ2v) is 5.02. The van der Waals surface area contributed by atoms with Gasteiger partial charge in [-0.3, -0.25) is 0 Å². The molecule has 0 radical (unpaired) electrons. The predicted octanol–water partition coefficient (Wildman–Crippen LogP) is 3.75. The van der Waals surface area contributed by atoms with Gasteiger partial charge in [-0.15, -0.1) is 13.2 Å². The first kappa shape index (κ1) is 14.0. The van der Waals surface area contributed by atoms with Crippen LogP contribution in [0.3, 0.4) is 0 Å². The van der Waals surface area contributed by atoms with E-state index in [0.29, 0.717) is 30.6 Å². The van der Waals surface area contributed by atoms with Gasteiger partial charge in [0.25, 0.3) is 0 Å². The van der Waals surface area contributed by atoms with Crippen molar-refractivity contribution in [2.24, 2.45) is 0 Å². The summed E-state index contributed by atoms with van der Waals surface area (Å²) in [6.45, 7) is 0. The average molecular weight is 298 g/mol. The van der Waals surface area contributed by atoms with Crippen LogP contribution in [0.1, 0.15) is 29.7 Å². The largest absolute Gasteiger partial charge is 0.573 e.